The zero-order valence-corrected chi connectivity index (χ0v) is 43.3. The second kappa shape index (κ2) is 20.4. The summed E-state index contributed by atoms with van der Waals surface area (Å²) in [4.78, 5) is 26.7. The molecule has 64 heavy (non-hydrogen) atoms. The summed E-state index contributed by atoms with van der Waals surface area (Å²) in [6.45, 7) is 32.0. The molecule has 10 nitrogen and oxygen atoms in total. The van der Waals surface area contributed by atoms with E-state index in [1.54, 1.807) is 13.8 Å². The van der Waals surface area contributed by atoms with Gasteiger partial charge in [-0.25, -0.2) is 9.59 Å². The minimum absolute atomic E-state index is 0.0468. The molecule has 0 aromatic carbocycles. The first-order chi connectivity index (χ1) is 29.6. The lowest BCUT2D eigenvalue weighted by Crippen LogP contribution is -2.63. The second-order valence-electron chi connectivity index (χ2n) is 23.8. The Hall–Kier alpha value is -1.79. The van der Waals surface area contributed by atoms with Crippen LogP contribution in [0.4, 0.5) is 0 Å². The molecule has 1 N–H and O–H groups in total. The zero-order chi connectivity index (χ0) is 47.7. The van der Waals surface area contributed by atoms with Gasteiger partial charge in [0.25, 0.3) is 10.1 Å². The molecular weight excluding hydrogens is 827 g/mol. The molecule has 0 heterocycles. The summed E-state index contributed by atoms with van der Waals surface area (Å²) >= 11 is 0. The number of hydrogen-bond acceptors (Lipinski definition) is 10. The van der Waals surface area contributed by atoms with E-state index >= 15 is 0 Å². The van der Waals surface area contributed by atoms with Crippen molar-refractivity contribution in [2.45, 2.75) is 250 Å². The summed E-state index contributed by atoms with van der Waals surface area (Å²) in [6, 6.07) is 1.38. The van der Waals surface area contributed by atoms with Crippen LogP contribution in [0, 0.1) is 35.5 Å². The van der Waals surface area contributed by atoms with Gasteiger partial charge < -0.3 is 19.3 Å². The highest BCUT2D eigenvalue weighted by molar-refractivity contribution is 7.86. The summed E-state index contributed by atoms with van der Waals surface area (Å²) in [5, 5.41) is 9.77. The van der Waals surface area contributed by atoms with E-state index in [0.717, 1.165) is 77.0 Å². The van der Waals surface area contributed by atoms with Gasteiger partial charge in [0.2, 0.25) is 0 Å². The van der Waals surface area contributed by atoms with Gasteiger partial charge in [-0.3, -0.25) is 9.08 Å². The smallest absolute Gasteiger partial charge is 0.333 e. The molecule has 10 aliphatic rings. The zero-order valence-electron chi connectivity index (χ0n) is 42.5. The van der Waals surface area contributed by atoms with Gasteiger partial charge in [-0.1, -0.05) is 73.5 Å². The predicted molar refractivity (Wildman–Crippen MR) is 256 cm³/mol. The van der Waals surface area contributed by atoms with E-state index in [-0.39, 0.29) is 34.3 Å². The standard InChI is InChI=1S/C22H34O3.C15H22O5S.C8H19N.C8H16O/c1-15(2)19(23)24-20-10-17-9-18(11-20)13-21(12-17,14-20)25-22(16(3)4)7-5-6-8-22;1-10(2)13(16)19-14-5-11-4-12(6-14)8-15(7-11,9-14)20-21(3,17)18;1-6-9(7(2)3)8(4)5;1-7(2)8(9)5-3-4-6-8/h16-18H,1,5-14H2,2-4H3;11-12H,1,4-9H2,2-3H3;7-8H,6H2,1-5H3;7,9H,3-6H2,1-2H3. The van der Waals surface area contributed by atoms with E-state index in [4.69, 9.17) is 18.4 Å². The Morgan fingerprint density at radius 2 is 0.984 bits per heavy atom. The minimum atomic E-state index is -3.52. The Morgan fingerprint density at radius 1 is 0.625 bits per heavy atom. The SMILES string of the molecule is C=C(C)C(=O)OC12CC3CC(C1)CC(OC1(C(C)C)CCCC1)(C3)C2.C=C(C)C(=O)OC12CC3CC(C1)CC(OS(C)(=O)=O)(C3)C2.CC(C)C1(O)CCCC1.CCN(C(C)C)C(C)C. The molecule has 10 saturated carbocycles. The third-order valence-electron chi connectivity index (χ3n) is 16.7. The summed E-state index contributed by atoms with van der Waals surface area (Å²) in [6.07, 6.45) is 21.8. The van der Waals surface area contributed by atoms with Crippen LogP contribution in [-0.2, 0) is 38.1 Å². The molecule has 10 aliphatic carbocycles. The molecule has 10 fully saturated rings. The van der Waals surface area contributed by atoms with Gasteiger partial charge in [0.05, 0.1) is 28.7 Å². The van der Waals surface area contributed by atoms with E-state index in [2.05, 4.69) is 80.4 Å². The number of esters is 2. The second-order valence-corrected chi connectivity index (χ2v) is 25.4. The van der Waals surface area contributed by atoms with Crippen molar-refractivity contribution < 1.29 is 41.5 Å². The summed E-state index contributed by atoms with van der Waals surface area (Å²) in [5.74, 6) is 2.48. The molecule has 4 atom stereocenters. The van der Waals surface area contributed by atoms with Gasteiger partial charge in [0.15, 0.2) is 0 Å². The van der Waals surface area contributed by atoms with E-state index in [9.17, 15) is 23.1 Å². The van der Waals surface area contributed by atoms with E-state index < -0.39 is 21.3 Å². The normalized spacial score (nSPS) is 34.8. The molecule has 4 unspecified atom stereocenters. The van der Waals surface area contributed by atoms with Crippen LogP contribution in [0.2, 0.25) is 0 Å². The Bertz CT molecular complexity index is 1720. The van der Waals surface area contributed by atoms with Crippen LogP contribution in [-0.4, -0.2) is 88.9 Å². The molecule has 10 rings (SSSR count). The van der Waals surface area contributed by atoms with Gasteiger partial charge in [0, 0.05) is 36.1 Å². The number of aliphatic hydroxyl groups is 1. The topological polar surface area (TPSA) is 129 Å². The highest BCUT2D eigenvalue weighted by Crippen LogP contribution is 2.63. The predicted octanol–water partition coefficient (Wildman–Crippen LogP) is 11.4. The first kappa shape index (κ1) is 53.2. The lowest BCUT2D eigenvalue weighted by Gasteiger charge is -2.62. The van der Waals surface area contributed by atoms with Crippen LogP contribution >= 0.6 is 0 Å². The number of carbonyl (C=O) groups is 2. The van der Waals surface area contributed by atoms with Crippen LogP contribution in [0.3, 0.4) is 0 Å². The van der Waals surface area contributed by atoms with Gasteiger partial charge in [-0.05, 0) is 173 Å². The van der Waals surface area contributed by atoms with Crippen LogP contribution in [0.5, 0.6) is 0 Å². The average Bonchev–Trinajstić information content (AvgIpc) is 3.80. The Balaban J connectivity index is 0.000000177. The van der Waals surface area contributed by atoms with Crippen molar-refractivity contribution in [2.24, 2.45) is 35.5 Å². The number of carbonyl (C=O) groups excluding carboxylic acids is 2. The Morgan fingerprint density at radius 3 is 1.28 bits per heavy atom. The fourth-order valence-electron chi connectivity index (χ4n) is 14.6. The number of ether oxygens (including phenoxy) is 3. The maximum Gasteiger partial charge on any atom is 0.333 e. The first-order valence-electron chi connectivity index (χ1n) is 25.5. The summed E-state index contributed by atoms with van der Waals surface area (Å²) < 4.78 is 47.6. The fourth-order valence-corrected chi connectivity index (χ4v) is 15.5. The molecule has 368 valence electrons. The fraction of sp³-hybridized carbons (Fsp3) is 0.887. The maximum atomic E-state index is 12.3. The van der Waals surface area contributed by atoms with Gasteiger partial charge in [0.1, 0.15) is 11.2 Å². The quantitative estimate of drug-likeness (QED) is 0.108. The lowest BCUT2D eigenvalue weighted by molar-refractivity contribution is -0.271. The van der Waals surface area contributed by atoms with Gasteiger partial charge in [-0.2, -0.15) is 8.42 Å². The molecular formula is C53H91NO9S. The molecule has 0 aromatic rings. The van der Waals surface area contributed by atoms with E-state index in [1.165, 1.54) is 57.8 Å². The molecule has 11 heteroatoms. The van der Waals surface area contributed by atoms with Gasteiger partial charge >= 0.3 is 11.9 Å². The molecule has 8 bridgehead atoms. The minimum Gasteiger partial charge on any atom is -0.456 e. The molecule has 0 aliphatic heterocycles. The van der Waals surface area contributed by atoms with Crippen LogP contribution in [0.25, 0.3) is 0 Å². The largest absolute Gasteiger partial charge is 0.456 e. The van der Waals surface area contributed by atoms with E-state index in [1.807, 2.05) is 0 Å². The van der Waals surface area contributed by atoms with Crippen LogP contribution in [0.1, 0.15) is 205 Å². The van der Waals surface area contributed by atoms with Crippen molar-refractivity contribution in [2.75, 3.05) is 12.8 Å². The number of hydrogen-bond donors (Lipinski definition) is 1. The lowest BCUT2D eigenvalue weighted by atomic mass is 9.52. The average molecular weight is 918 g/mol. The first-order valence-corrected chi connectivity index (χ1v) is 27.3. The van der Waals surface area contributed by atoms with Crippen molar-refractivity contribution >= 4 is 22.1 Å². The van der Waals surface area contributed by atoms with Crippen molar-refractivity contribution in [3.8, 4) is 0 Å². The monoisotopic (exact) mass is 918 g/mol. The molecule has 0 radical (unpaired) electrons. The van der Waals surface area contributed by atoms with Crippen molar-refractivity contribution in [1.82, 2.24) is 4.90 Å². The molecule has 0 spiro atoms. The van der Waals surface area contributed by atoms with Crippen molar-refractivity contribution in [1.29, 1.82) is 0 Å². The van der Waals surface area contributed by atoms with Crippen LogP contribution in [0.15, 0.2) is 24.3 Å². The molecule has 0 amide bonds. The van der Waals surface area contributed by atoms with Crippen molar-refractivity contribution in [3.05, 3.63) is 24.3 Å². The number of rotatable bonds is 13. The summed E-state index contributed by atoms with van der Waals surface area (Å²) in [5.41, 5.74) is -0.961. The summed E-state index contributed by atoms with van der Waals surface area (Å²) in [7, 11) is -3.52. The Kier molecular flexibility index (Phi) is 17.0. The van der Waals surface area contributed by atoms with Gasteiger partial charge in [-0.15, -0.1) is 0 Å². The Labute approximate surface area is 389 Å². The molecule has 0 saturated heterocycles. The highest BCUT2D eigenvalue weighted by Gasteiger charge is 2.63. The van der Waals surface area contributed by atoms with E-state index in [0.29, 0.717) is 65.2 Å². The highest BCUT2D eigenvalue weighted by atomic mass is 32.2. The molecule has 0 aromatic heterocycles. The third kappa shape index (κ3) is 12.8. The number of nitrogens with zero attached hydrogens (tertiary/aromatic N) is 1. The third-order valence-corrected chi connectivity index (χ3v) is 17.4. The van der Waals surface area contributed by atoms with Crippen LogP contribution < -0.4 is 0 Å². The maximum absolute atomic E-state index is 12.3. The van der Waals surface area contributed by atoms with Crippen molar-refractivity contribution in [3.63, 3.8) is 0 Å².